The summed E-state index contributed by atoms with van der Waals surface area (Å²) in [5.74, 6) is 0.00329. The van der Waals surface area contributed by atoms with E-state index in [1.165, 1.54) is 6.20 Å². The second kappa shape index (κ2) is 7.03. The fourth-order valence-electron chi connectivity index (χ4n) is 3.19. The number of aromatic hydroxyl groups is 1. The van der Waals surface area contributed by atoms with Gasteiger partial charge in [-0.1, -0.05) is 54.2 Å². The maximum Gasteiger partial charge on any atom is 0.255 e. The lowest BCUT2D eigenvalue weighted by atomic mass is 9.80. The van der Waals surface area contributed by atoms with E-state index in [-0.39, 0.29) is 22.5 Å². The molecule has 0 saturated heterocycles. The van der Waals surface area contributed by atoms with Crippen molar-refractivity contribution in [2.24, 2.45) is 0 Å². The highest BCUT2D eigenvalue weighted by molar-refractivity contribution is 5.98. The Morgan fingerprint density at radius 1 is 1.10 bits per heavy atom. The molecular formula is C23H30N4O2. The number of anilines is 1. The summed E-state index contributed by atoms with van der Waals surface area (Å²) >= 11 is 0. The number of benzene rings is 2. The van der Waals surface area contributed by atoms with E-state index in [4.69, 9.17) is 0 Å². The number of H-pyrrole nitrogens is 1. The van der Waals surface area contributed by atoms with E-state index in [0.717, 1.165) is 22.2 Å². The highest BCUT2D eigenvalue weighted by atomic mass is 16.3. The van der Waals surface area contributed by atoms with Crippen molar-refractivity contribution in [3.63, 3.8) is 0 Å². The number of nitrogens with one attached hydrogen (secondary N) is 3. The summed E-state index contributed by atoms with van der Waals surface area (Å²) in [5.41, 5.74) is 7.83. The molecule has 0 fully saturated rings. The van der Waals surface area contributed by atoms with Gasteiger partial charge in [-0.15, -0.1) is 0 Å². The van der Waals surface area contributed by atoms with Crippen LogP contribution in [0, 0.1) is 0 Å². The summed E-state index contributed by atoms with van der Waals surface area (Å²) in [6.45, 7) is 16.2. The monoisotopic (exact) mass is 394 g/mol. The van der Waals surface area contributed by atoms with Crippen molar-refractivity contribution in [1.82, 2.24) is 15.2 Å². The molecule has 2 aromatic carbocycles. The van der Waals surface area contributed by atoms with Gasteiger partial charge in [-0.3, -0.25) is 15.3 Å². The Balaban J connectivity index is 2.05. The molecule has 0 saturated carbocycles. The second-order valence-corrected chi connectivity index (χ2v) is 9.39. The molecule has 0 radical (unpaired) electrons. The van der Waals surface area contributed by atoms with E-state index < -0.39 is 0 Å². The number of amides is 1. The van der Waals surface area contributed by atoms with Gasteiger partial charge in [-0.2, -0.15) is 4.79 Å². The van der Waals surface area contributed by atoms with Crippen LogP contribution >= 0.6 is 0 Å². The van der Waals surface area contributed by atoms with Crippen molar-refractivity contribution < 1.29 is 9.90 Å². The summed E-state index contributed by atoms with van der Waals surface area (Å²) in [6.07, 6.45) is 1.36. The molecule has 1 heterocycles. The molecule has 3 rings (SSSR count). The molecule has 0 aliphatic heterocycles. The topological polar surface area (TPSA) is 82.1 Å². The van der Waals surface area contributed by atoms with Crippen molar-refractivity contribution >= 4 is 22.6 Å². The van der Waals surface area contributed by atoms with Crippen LogP contribution in [0.5, 0.6) is 5.75 Å². The second-order valence-electron chi connectivity index (χ2n) is 9.39. The van der Waals surface area contributed by atoms with E-state index in [1.54, 1.807) is 16.9 Å². The summed E-state index contributed by atoms with van der Waals surface area (Å²) in [6, 6.07) is 9.43. The number of aromatic amines is 1. The Kier molecular flexibility index (Phi) is 4.99. The standard InChI is InChI=1S/C23H30N4O2/c1-8-24-21(29)14-9-10-17-19(11-14)27(25-17)26-18-13-15(22(2,3)4)12-16(20(18)28)23(5,6)7/h8-13,25-26,28H,1H2,2-7H3,(H,24,29). The van der Waals surface area contributed by atoms with Crippen LogP contribution in [0.1, 0.15) is 63.0 Å². The van der Waals surface area contributed by atoms with Crippen LogP contribution in [-0.4, -0.2) is 20.9 Å². The summed E-state index contributed by atoms with van der Waals surface area (Å²) in [5, 5.41) is 16.7. The summed E-state index contributed by atoms with van der Waals surface area (Å²) in [7, 11) is 0. The fraction of sp³-hybridized carbons (Fsp3) is 0.348. The molecule has 0 aliphatic rings. The Hall–Kier alpha value is -3.15. The molecule has 0 unspecified atom stereocenters. The number of phenolic OH excluding ortho intramolecular Hbond substituents is 1. The lowest BCUT2D eigenvalue weighted by Gasteiger charge is -2.28. The molecule has 6 nitrogen and oxygen atoms in total. The maximum absolute atomic E-state index is 12.1. The Morgan fingerprint density at radius 3 is 2.38 bits per heavy atom. The number of carbonyl (C=O) groups excluding carboxylic acids is 1. The number of phenols is 1. The van der Waals surface area contributed by atoms with E-state index >= 15 is 0 Å². The van der Waals surface area contributed by atoms with Gasteiger partial charge in [0.05, 0.1) is 11.2 Å². The first-order valence-corrected chi connectivity index (χ1v) is 9.69. The van der Waals surface area contributed by atoms with E-state index in [1.807, 2.05) is 12.1 Å². The van der Waals surface area contributed by atoms with Crippen molar-refractivity contribution in [3.8, 4) is 5.75 Å². The Bertz CT molecular complexity index is 1070. The van der Waals surface area contributed by atoms with Crippen LogP contribution in [0.2, 0.25) is 0 Å². The third-order valence-electron chi connectivity index (χ3n) is 4.98. The number of fused-ring (bicyclic) bond motifs is 1. The number of aromatic nitrogens is 2. The average Bonchev–Trinajstić information content (AvgIpc) is 2.59. The molecule has 0 atom stereocenters. The van der Waals surface area contributed by atoms with Crippen LogP contribution in [0.15, 0.2) is 43.1 Å². The fourth-order valence-corrected chi connectivity index (χ4v) is 3.19. The van der Waals surface area contributed by atoms with Gasteiger partial charge < -0.3 is 10.4 Å². The molecule has 1 amide bonds. The van der Waals surface area contributed by atoms with Crippen LogP contribution < -0.4 is 10.7 Å². The van der Waals surface area contributed by atoms with Crippen molar-refractivity contribution in [3.05, 3.63) is 59.8 Å². The predicted molar refractivity (Wildman–Crippen MR) is 118 cm³/mol. The Morgan fingerprint density at radius 2 is 1.79 bits per heavy atom. The number of nitrogens with zero attached hydrogens (tertiary/aromatic N) is 1. The number of hydrogen-bond donors (Lipinski definition) is 4. The molecular weight excluding hydrogens is 364 g/mol. The molecule has 3 aromatic rings. The first-order valence-electron chi connectivity index (χ1n) is 9.69. The summed E-state index contributed by atoms with van der Waals surface area (Å²) < 4.78 is 0. The molecule has 6 heteroatoms. The van der Waals surface area contributed by atoms with Crippen LogP contribution in [0.4, 0.5) is 5.69 Å². The van der Waals surface area contributed by atoms with Crippen LogP contribution in [-0.2, 0) is 10.8 Å². The molecule has 29 heavy (non-hydrogen) atoms. The number of carbonyl (C=O) groups is 1. The molecule has 0 bridgehead atoms. The third-order valence-corrected chi connectivity index (χ3v) is 4.98. The van der Waals surface area contributed by atoms with E-state index in [0.29, 0.717) is 11.3 Å². The zero-order valence-corrected chi connectivity index (χ0v) is 18.0. The minimum absolute atomic E-state index is 0.0691. The quantitative estimate of drug-likeness (QED) is 0.469. The van der Waals surface area contributed by atoms with Gasteiger partial charge in [0.15, 0.2) is 0 Å². The molecule has 0 aliphatic carbocycles. The minimum Gasteiger partial charge on any atom is -0.505 e. The Labute approximate surface area is 171 Å². The first kappa shape index (κ1) is 20.6. The van der Waals surface area contributed by atoms with Crippen LogP contribution in [0.3, 0.4) is 0 Å². The lowest BCUT2D eigenvalue weighted by Crippen LogP contribution is -2.23. The van der Waals surface area contributed by atoms with Gasteiger partial charge in [0, 0.05) is 11.1 Å². The zero-order chi connectivity index (χ0) is 21.6. The SMILES string of the molecule is C=CNC(=O)c1ccc2[nH]n(Nc3cc(C(C)(C)C)cc(C(C)(C)C)c3O)c2c1. The average molecular weight is 395 g/mol. The van der Waals surface area contributed by atoms with Gasteiger partial charge in [0.2, 0.25) is 0 Å². The molecule has 1 aromatic heterocycles. The van der Waals surface area contributed by atoms with Crippen LogP contribution in [0.25, 0.3) is 11.0 Å². The smallest absolute Gasteiger partial charge is 0.255 e. The predicted octanol–water partition coefficient (Wildman–Crippen LogP) is 5.02. The lowest BCUT2D eigenvalue weighted by molar-refractivity contribution is 0.0970. The number of rotatable bonds is 4. The molecule has 0 spiro atoms. The molecule has 4 N–H and O–H groups in total. The van der Waals surface area contributed by atoms with E-state index in [9.17, 15) is 9.90 Å². The largest absolute Gasteiger partial charge is 0.505 e. The molecule has 154 valence electrons. The van der Waals surface area contributed by atoms with Gasteiger partial charge in [0.1, 0.15) is 11.3 Å². The first-order chi connectivity index (χ1) is 13.4. The highest BCUT2D eigenvalue weighted by Gasteiger charge is 2.25. The van der Waals surface area contributed by atoms with Gasteiger partial charge in [-0.25, -0.2) is 0 Å². The van der Waals surface area contributed by atoms with Gasteiger partial charge >= 0.3 is 0 Å². The van der Waals surface area contributed by atoms with Crippen molar-refractivity contribution in [2.45, 2.75) is 52.4 Å². The third kappa shape index (κ3) is 4.01. The summed E-state index contributed by atoms with van der Waals surface area (Å²) in [4.78, 5) is 13.8. The minimum atomic E-state index is -0.220. The van der Waals surface area contributed by atoms with Crippen molar-refractivity contribution in [2.75, 3.05) is 5.43 Å². The highest BCUT2D eigenvalue weighted by Crippen LogP contribution is 2.40. The zero-order valence-electron chi connectivity index (χ0n) is 18.0. The number of hydrogen-bond acceptors (Lipinski definition) is 3. The van der Waals surface area contributed by atoms with Gasteiger partial charge in [0.25, 0.3) is 5.91 Å². The van der Waals surface area contributed by atoms with Gasteiger partial charge in [-0.05, 0) is 46.9 Å². The normalized spacial score (nSPS) is 12.2. The van der Waals surface area contributed by atoms with E-state index in [2.05, 4.69) is 70.0 Å². The maximum atomic E-state index is 12.1. The van der Waals surface area contributed by atoms with Crippen molar-refractivity contribution in [1.29, 1.82) is 0 Å².